The predicted octanol–water partition coefficient (Wildman–Crippen LogP) is 3.68. The molecule has 8 heteroatoms. The van der Waals surface area contributed by atoms with Gasteiger partial charge in [-0.25, -0.2) is 4.79 Å². The second kappa shape index (κ2) is 8.32. The number of anilines is 1. The van der Waals surface area contributed by atoms with Gasteiger partial charge >= 0.3 is 11.9 Å². The van der Waals surface area contributed by atoms with E-state index >= 15 is 0 Å². The second-order valence-electron chi connectivity index (χ2n) is 7.56. The second-order valence-corrected chi connectivity index (χ2v) is 9.01. The third kappa shape index (κ3) is 3.85. The van der Waals surface area contributed by atoms with E-state index in [1.54, 1.807) is 40.6 Å². The van der Waals surface area contributed by atoms with Crippen LogP contribution in [0.2, 0.25) is 5.02 Å². The van der Waals surface area contributed by atoms with Crippen molar-refractivity contribution >= 4 is 52.6 Å². The number of allylic oxidation sites excluding steroid dienone is 1. The molecule has 29 heavy (non-hydrogen) atoms. The van der Waals surface area contributed by atoms with Crippen LogP contribution in [0.15, 0.2) is 35.7 Å². The maximum Gasteiger partial charge on any atom is 0.506 e. The highest BCUT2D eigenvalue weighted by Gasteiger charge is 2.50. The van der Waals surface area contributed by atoms with Crippen molar-refractivity contribution in [1.29, 1.82) is 0 Å². The molecule has 1 aromatic rings. The molecule has 4 rings (SSSR count). The van der Waals surface area contributed by atoms with Gasteiger partial charge in [0.2, 0.25) is 0 Å². The number of carbonyl (C=O) groups excluding carboxylic acids is 3. The number of rotatable bonds is 4. The van der Waals surface area contributed by atoms with Crippen LogP contribution in [0.3, 0.4) is 0 Å². The van der Waals surface area contributed by atoms with Crippen LogP contribution in [-0.2, 0) is 9.59 Å². The van der Waals surface area contributed by atoms with E-state index in [-0.39, 0.29) is 24.4 Å². The zero-order valence-corrected chi connectivity index (χ0v) is 17.8. The lowest BCUT2D eigenvalue weighted by Gasteiger charge is -2.31. The van der Waals surface area contributed by atoms with E-state index in [2.05, 4.69) is 0 Å². The Bertz CT molecular complexity index is 924. The van der Waals surface area contributed by atoms with Crippen LogP contribution in [0.5, 0.6) is 0 Å². The van der Waals surface area contributed by atoms with Gasteiger partial charge in [0.1, 0.15) is 11.4 Å². The van der Waals surface area contributed by atoms with Crippen molar-refractivity contribution in [3.63, 3.8) is 0 Å². The zero-order valence-electron chi connectivity index (χ0n) is 16.2. The van der Waals surface area contributed by atoms with Crippen LogP contribution in [0, 0.1) is 0 Å². The molecule has 0 radical (unpaired) electrons. The van der Waals surface area contributed by atoms with Crippen LogP contribution in [0.1, 0.15) is 32.1 Å². The molecule has 152 valence electrons. The van der Waals surface area contributed by atoms with Gasteiger partial charge in [-0.3, -0.25) is 4.79 Å². The minimum Gasteiger partial charge on any atom is -0.339 e. The Morgan fingerprint density at radius 2 is 2.03 bits per heavy atom. The number of benzene rings is 1. The summed E-state index contributed by atoms with van der Waals surface area (Å²) in [5, 5.41) is 1.71. The van der Waals surface area contributed by atoms with Crippen LogP contribution in [-0.4, -0.2) is 57.9 Å². The number of amides is 4. The van der Waals surface area contributed by atoms with E-state index in [1.165, 1.54) is 22.8 Å². The fourth-order valence-electron chi connectivity index (χ4n) is 4.13. The lowest BCUT2D eigenvalue weighted by Crippen LogP contribution is -2.57. The Morgan fingerprint density at radius 3 is 2.76 bits per heavy atom. The summed E-state index contributed by atoms with van der Waals surface area (Å²) in [7, 11) is 1.81. The summed E-state index contributed by atoms with van der Waals surface area (Å²) < 4.78 is 1.44. The molecule has 6 nitrogen and oxygen atoms in total. The number of imide groups is 1. The Hall–Kier alpha value is -2.12. The lowest BCUT2D eigenvalue weighted by molar-refractivity contribution is -0.417. The first-order valence-corrected chi connectivity index (χ1v) is 11.1. The fraction of sp³-hybridized carbons (Fsp3) is 0.429. The van der Waals surface area contributed by atoms with E-state index < -0.39 is 11.3 Å². The zero-order chi connectivity index (χ0) is 20.5. The van der Waals surface area contributed by atoms with Gasteiger partial charge in [-0.2, -0.15) is 9.37 Å². The van der Waals surface area contributed by atoms with E-state index in [9.17, 15) is 14.4 Å². The number of likely N-dealkylation sites (N-methyl/N-ethyl adjacent to an activating group) is 1. The minimum absolute atomic E-state index is 0.0765. The number of halogens is 1. The molecule has 0 spiro atoms. The minimum atomic E-state index is -0.528. The highest BCUT2D eigenvalue weighted by atomic mass is 35.5. The molecule has 4 amide bonds. The molecule has 1 aromatic carbocycles. The summed E-state index contributed by atoms with van der Waals surface area (Å²) in [6.07, 6.45) is 7.22. The highest BCUT2D eigenvalue weighted by Crippen LogP contribution is 2.31. The molecule has 1 atom stereocenters. The Labute approximate surface area is 179 Å². The average Bonchev–Trinajstić information content (AvgIpc) is 3.21. The third-order valence-corrected chi connectivity index (χ3v) is 7.02. The van der Waals surface area contributed by atoms with Crippen LogP contribution >= 0.6 is 23.4 Å². The summed E-state index contributed by atoms with van der Waals surface area (Å²) in [5.74, 6) is -0.422. The number of urea groups is 1. The number of hydrogen-bond acceptors (Lipinski definition) is 4. The molecule has 0 N–H and O–H groups in total. The van der Waals surface area contributed by atoms with Crippen molar-refractivity contribution in [3.8, 4) is 0 Å². The monoisotopic (exact) mass is 432 g/mol. The molecule has 2 heterocycles. The lowest BCUT2D eigenvalue weighted by atomic mass is 9.94. The maximum absolute atomic E-state index is 13.3. The van der Waals surface area contributed by atoms with E-state index in [0.29, 0.717) is 16.4 Å². The molecule has 1 fully saturated rings. The molecule has 0 saturated heterocycles. The largest absolute Gasteiger partial charge is 0.506 e. The first kappa shape index (κ1) is 20.2. The quantitative estimate of drug-likeness (QED) is 0.681. The molecule has 1 saturated carbocycles. The van der Waals surface area contributed by atoms with Crippen molar-refractivity contribution in [2.45, 2.75) is 43.4 Å². The average molecular weight is 433 g/mol. The number of thioether (sulfide) groups is 1. The molecule has 0 aromatic heterocycles. The van der Waals surface area contributed by atoms with Gasteiger partial charge in [-0.05, 0) is 36.5 Å². The Balaban J connectivity index is 1.63. The van der Waals surface area contributed by atoms with Crippen LogP contribution in [0.4, 0.5) is 10.5 Å². The van der Waals surface area contributed by atoms with Gasteiger partial charge in [0, 0.05) is 24.2 Å². The summed E-state index contributed by atoms with van der Waals surface area (Å²) in [6, 6.07) is 6.35. The fourth-order valence-corrected chi connectivity index (χ4v) is 5.26. The van der Waals surface area contributed by atoms with Gasteiger partial charge in [0.25, 0.3) is 5.91 Å². The van der Waals surface area contributed by atoms with Crippen molar-refractivity contribution in [2.75, 3.05) is 18.5 Å². The molecule has 1 unspecified atom stereocenters. The van der Waals surface area contributed by atoms with Crippen LogP contribution < -0.4 is 4.90 Å². The smallest absolute Gasteiger partial charge is 0.339 e. The first-order chi connectivity index (χ1) is 14.0. The number of nitrogens with zero attached hydrogens (tertiary/aromatic N) is 3. The first-order valence-electron chi connectivity index (χ1n) is 9.83. The topological polar surface area (TPSA) is 60.7 Å². The van der Waals surface area contributed by atoms with Gasteiger partial charge in [-0.1, -0.05) is 36.9 Å². The molecular weight excluding hydrogens is 410 g/mol. The van der Waals surface area contributed by atoms with E-state index in [4.69, 9.17) is 11.6 Å². The van der Waals surface area contributed by atoms with Crippen molar-refractivity contribution in [3.05, 3.63) is 40.8 Å². The molecule has 0 bridgehead atoms. The predicted molar refractivity (Wildman–Crippen MR) is 115 cm³/mol. The summed E-state index contributed by atoms with van der Waals surface area (Å²) in [6.45, 7) is -0.0765. The van der Waals surface area contributed by atoms with Crippen LogP contribution in [0.25, 0.3) is 0 Å². The van der Waals surface area contributed by atoms with Gasteiger partial charge < -0.3 is 4.90 Å². The third-order valence-electron chi connectivity index (χ3n) is 5.78. The number of carbonyl (C=O) groups is 3. The maximum atomic E-state index is 13.3. The van der Waals surface area contributed by atoms with Gasteiger partial charge in [0.05, 0.1) is 0 Å². The molecule has 2 aliphatic heterocycles. The summed E-state index contributed by atoms with van der Waals surface area (Å²) >= 11 is 7.42. The van der Waals surface area contributed by atoms with Crippen molar-refractivity contribution in [2.24, 2.45) is 0 Å². The highest BCUT2D eigenvalue weighted by molar-refractivity contribution is 8.04. The SMILES string of the molecule is CN(C(=O)C[N+]1=C2C=CSC2C(=O)N(c2cccc(Cl)c2)C1=O)C1CCCCC1. The van der Waals surface area contributed by atoms with Crippen molar-refractivity contribution in [1.82, 2.24) is 4.90 Å². The Kier molecular flexibility index (Phi) is 5.79. The standard InChI is InChI=1S/C21H23ClN3O3S/c1-23(15-7-3-2-4-8-15)18(26)13-24-17-10-11-29-19(17)20(27)25(21(24)28)16-9-5-6-14(22)12-16/h5-6,9-12,15,19H,2-4,7-8,13H2,1H3/q+1. The molecule has 1 aliphatic carbocycles. The normalized spacial score (nSPS) is 22.3. The van der Waals surface area contributed by atoms with Crippen molar-refractivity contribution < 1.29 is 19.0 Å². The summed E-state index contributed by atoms with van der Waals surface area (Å²) in [4.78, 5) is 42.2. The van der Waals surface area contributed by atoms with E-state index in [0.717, 1.165) is 30.6 Å². The number of fused-ring (bicyclic) bond motifs is 1. The van der Waals surface area contributed by atoms with Gasteiger partial charge in [-0.15, -0.1) is 16.7 Å². The van der Waals surface area contributed by atoms with Gasteiger partial charge in [0.15, 0.2) is 11.8 Å². The number of hydrogen-bond donors (Lipinski definition) is 0. The molecule has 3 aliphatic rings. The Morgan fingerprint density at radius 1 is 1.28 bits per heavy atom. The summed E-state index contributed by atoms with van der Waals surface area (Å²) in [5.41, 5.74) is 0.991. The van der Waals surface area contributed by atoms with E-state index in [1.807, 2.05) is 7.05 Å². The molecular formula is C21H23ClN3O3S+.